The molecule has 0 aromatic heterocycles. The van der Waals surface area contributed by atoms with Crippen LogP contribution in [0.2, 0.25) is 0 Å². The van der Waals surface area contributed by atoms with E-state index < -0.39 is 16.1 Å². The van der Waals surface area contributed by atoms with E-state index in [4.69, 9.17) is 5.73 Å². The van der Waals surface area contributed by atoms with E-state index in [1.807, 2.05) is 0 Å². The molecule has 0 saturated heterocycles. The smallest absolute Gasteiger partial charge is 0.241 e. The van der Waals surface area contributed by atoms with Crippen molar-refractivity contribution < 1.29 is 18.0 Å². The molecule has 0 radical (unpaired) electrons. The van der Waals surface area contributed by atoms with Crippen molar-refractivity contribution in [2.24, 2.45) is 11.7 Å². The molecule has 2 amide bonds. The second kappa shape index (κ2) is 8.61. The van der Waals surface area contributed by atoms with Crippen molar-refractivity contribution in [2.75, 3.05) is 11.9 Å². The molecule has 0 heterocycles. The summed E-state index contributed by atoms with van der Waals surface area (Å²) in [4.78, 5) is 23.3. The van der Waals surface area contributed by atoms with Gasteiger partial charge in [0.15, 0.2) is 0 Å². The van der Waals surface area contributed by atoms with Crippen molar-refractivity contribution in [1.29, 1.82) is 0 Å². The molecule has 8 nitrogen and oxygen atoms in total. The first-order valence-electron chi connectivity index (χ1n) is 8.63. The molecule has 0 aliphatic heterocycles. The zero-order valence-corrected chi connectivity index (χ0v) is 15.8. The van der Waals surface area contributed by atoms with Gasteiger partial charge in [0.05, 0.1) is 10.9 Å². The Balaban J connectivity index is 1.98. The minimum absolute atomic E-state index is 0.00334. The molecule has 1 aromatic rings. The van der Waals surface area contributed by atoms with Crippen LogP contribution in [0.3, 0.4) is 0 Å². The highest BCUT2D eigenvalue weighted by Crippen LogP contribution is 2.24. The van der Waals surface area contributed by atoms with Gasteiger partial charge in [-0.25, -0.2) is 8.42 Å². The van der Waals surface area contributed by atoms with Gasteiger partial charge in [0, 0.05) is 18.7 Å². The van der Waals surface area contributed by atoms with Crippen molar-refractivity contribution in [2.45, 2.75) is 50.1 Å². The molecule has 0 spiro atoms. The van der Waals surface area contributed by atoms with E-state index in [0.29, 0.717) is 12.2 Å². The largest absolute Gasteiger partial charge is 0.352 e. The van der Waals surface area contributed by atoms with Crippen molar-refractivity contribution >= 4 is 27.5 Å². The minimum Gasteiger partial charge on any atom is -0.352 e. The summed E-state index contributed by atoms with van der Waals surface area (Å²) < 4.78 is 27.3. The summed E-state index contributed by atoms with van der Waals surface area (Å²) in [6, 6.07) is 4.82. The van der Waals surface area contributed by atoms with Gasteiger partial charge in [-0.1, -0.05) is 6.42 Å². The second-order valence-corrected chi connectivity index (χ2v) is 8.30. The number of rotatable bonds is 7. The number of nitrogens with one attached hydrogen (secondary N) is 3. The number of sulfonamides is 1. The number of nitrogens with two attached hydrogens (primary N) is 1. The molecule has 144 valence electrons. The van der Waals surface area contributed by atoms with Gasteiger partial charge >= 0.3 is 0 Å². The molecular weight excluding hydrogens is 356 g/mol. The highest BCUT2D eigenvalue weighted by Gasteiger charge is 2.30. The highest BCUT2D eigenvalue weighted by atomic mass is 32.2. The molecule has 1 aliphatic rings. The topological polar surface area (TPSA) is 130 Å². The van der Waals surface area contributed by atoms with Crippen LogP contribution in [-0.2, 0) is 19.6 Å². The number of carbonyl (C=O) groups is 2. The van der Waals surface area contributed by atoms with E-state index in [2.05, 4.69) is 15.4 Å². The molecule has 3 unspecified atom stereocenters. The molecule has 1 saturated carbocycles. The van der Waals surface area contributed by atoms with Gasteiger partial charge in [0.1, 0.15) is 0 Å². The summed E-state index contributed by atoms with van der Waals surface area (Å²) >= 11 is 0. The minimum atomic E-state index is -3.85. The zero-order chi connectivity index (χ0) is 19.3. The molecule has 2 rings (SSSR count). The fourth-order valence-electron chi connectivity index (χ4n) is 3.09. The molecule has 1 aromatic carbocycles. The Morgan fingerprint density at radius 3 is 2.46 bits per heavy atom. The van der Waals surface area contributed by atoms with Gasteiger partial charge in [-0.3, -0.25) is 9.59 Å². The Kier molecular flexibility index (Phi) is 6.74. The van der Waals surface area contributed by atoms with Crippen LogP contribution in [0.15, 0.2) is 29.2 Å². The Bertz CT molecular complexity index is 749. The van der Waals surface area contributed by atoms with Gasteiger partial charge in [0.25, 0.3) is 0 Å². The van der Waals surface area contributed by atoms with E-state index >= 15 is 0 Å². The number of benzene rings is 1. The predicted molar refractivity (Wildman–Crippen MR) is 98.9 cm³/mol. The third-order valence-corrected chi connectivity index (χ3v) is 6.06. The lowest BCUT2D eigenvalue weighted by Gasteiger charge is -2.22. The van der Waals surface area contributed by atoms with Gasteiger partial charge in [0.2, 0.25) is 21.8 Å². The maximum absolute atomic E-state index is 12.4. The van der Waals surface area contributed by atoms with E-state index in [1.54, 1.807) is 0 Å². The first kappa shape index (κ1) is 20.3. The summed E-state index contributed by atoms with van der Waals surface area (Å²) in [6.45, 7) is 3.38. The molecule has 1 fully saturated rings. The molecule has 5 N–H and O–H groups in total. The van der Waals surface area contributed by atoms with Crippen LogP contribution in [0.4, 0.5) is 5.69 Å². The molecular formula is C17H26N4O4S. The van der Waals surface area contributed by atoms with Crippen molar-refractivity contribution in [3.05, 3.63) is 24.3 Å². The number of carbonyl (C=O) groups excluding carboxylic acids is 2. The Hall–Kier alpha value is -1.97. The lowest BCUT2D eigenvalue weighted by atomic mass is 10.0. The summed E-state index contributed by atoms with van der Waals surface area (Å²) in [5, 5.41) is 5.45. The van der Waals surface area contributed by atoms with Crippen LogP contribution in [0.25, 0.3) is 0 Å². The van der Waals surface area contributed by atoms with Crippen LogP contribution in [0.1, 0.15) is 33.1 Å². The molecule has 9 heteroatoms. The van der Waals surface area contributed by atoms with E-state index in [-0.39, 0.29) is 28.7 Å². The van der Waals surface area contributed by atoms with Gasteiger partial charge in [-0.15, -0.1) is 0 Å². The summed E-state index contributed by atoms with van der Waals surface area (Å²) in [5.41, 5.74) is 6.20. The zero-order valence-electron chi connectivity index (χ0n) is 15.0. The number of hydrogen-bond acceptors (Lipinski definition) is 5. The average molecular weight is 382 g/mol. The van der Waals surface area contributed by atoms with Crippen molar-refractivity contribution in [3.8, 4) is 0 Å². The molecule has 0 bridgehead atoms. The van der Waals surface area contributed by atoms with Crippen molar-refractivity contribution in [3.63, 3.8) is 0 Å². The van der Waals surface area contributed by atoms with Crippen LogP contribution < -0.4 is 21.1 Å². The van der Waals surface area contributed by atoms with Crippen molar-refractivity contribution in [1.82, 2.24) is 10.0 Å². The lowest BCUT2D eigenvalue weighted by Crippen LogP contribution is -2.49. The lowest BCUT2D eigenvalue weighted by molar-refractivity contribution is -0.123. The van der Waals surface area contributed by atoms with Crippen LogP contribution >= 0.6 is 0 Å². The number of amides is 2. The first-order chi connectivity index (χ1) is 12.2. The fraction of sp³-hybridized carbons (Fsp3) is 0.529. The number of anilines is 1. The SMILES string of the molecule is CC(=O)Nc1ccc(S(=O)(=O)NC(C)C(=O)NC2CCCC2CN)cc1. The maximum atomic E-state index is 12.4. The Morgan fingerprint density at radius 1 is 1.23 bits per heavy atom. The van der Waals surface area contributed by atoms with E-state index in [9.17, 15) is 18.0 Å². The Labute approximate surface area is 154 Å². The maximum Gasteiger partial charge on any atom is 0.241 e. The van der Waals surface area contributed by atoms with Gasteiger partial charge in [-0.2, -0.15) is 4.72 Å². The number of hydrogen-bond donors (Lipinski definition) is 4. The first-order valence-corrected chi connectivity index (χ1v) is 10.1. The average Bonchev–Trinajstić information content (AvgIpc) is 3.01. The van der Waals surface area contributed by atoms with E-state index in [0.717, 1.165) is 19.3 Å². The fourth-order valence-corrected chi connectivity index (χ4v) is 4.29. The molecule has 1 aliphatic carbocycles. The molecule has 3 atom stereocenters. The highest BCUT2D eigenvalue weighted by molar-refractivity contribution is 7.89. The quantitative estimate of drug-likeness (QED) is 0.547. The predicted octanol–water partition coefficient (Wildman–Crippen LogP) is 0.555. The van der Waals surface area contributed by atoms with E-state index in [1.165, 1.54) is 38.1 Å². The third-order valence-electron chi connectivity index (χ3n) is 4.50. The van der Waals surface area contributed by atoms with Crippen LogP contribution in [-0.4, -0.2) is 38.9 Å². The van der Waals surface area contributed by atoms with Crippen LogP contribution in [0.5, 0.6) is 0 Å². The summed E-state index contributed by atoms with van der Waals surface area (Å²) in [5.74, 6) is -0.371. The monoisotopic (exact) mass is 382 g/mol. The summed E-state index contributed by atoms with van der Waals surface area (Å²) in [6.07, 6.45) is 2.84. The van der Waals surface area contributed by atoms with Gasteiger partial charge in [-0.05, 0) is 56.5 Å². The third kappa shape index (κ3) is 5.26. The molecule has 26 heavy (non-hydrogen) atoms. The Morgan fingerprint density at radius 2 is 1.88 bits per heavy atom. The summed E-state index contributed by atoms with van der Waals surface area (Å²) in [7, 11) is -3.85. The van der Waals surface area contributed by atoms with Crippen LogP contribution in [0, 0.1) is 5.92 Å². The van der Waals surface area contributed by atoms with Gasteiger partial charge < -0.3 is 16.4 Å². The normalized spacial score (nSPS) is 21.2. The second-order valence-electron chi connectivity index (χ2n) is 6.59. The standard InChI is InChI=1S/C17H26N4O4S/c1-11(17(23)20-16-5-3-4-13(16)10-18)21-26(24,25)15-8-6-14(7-9-15)19-12(2)22/h6-9,11,13,16,21H,3-5,10,18H2,1-2H3,(H,19,22)(H,20,23).